The summed E-state index contributed by atoms with van der Waals surface area (Å²) in [6.07, 6.45) is 13.2. The summed E-state index contributed by atoms with van der Waals surface area (Å²) in [4.78, 5) is 3.25. The summed E-state index contributed by atoms with van der Waals surface area (Å²) in [7, 11) is 0. The molecule has 0 saturated carbocycles. The zero-order valence-corrected chi connectivity index (χ0v) is 12.8. The number of fused-ring (bicyclic) bond motifs is 1. The molecule has 0 spiro atoms. The monoisotopic (exact) mass is 275 g/mol. The third kappa shape index (κ3) is 2.95. The predicted molar refractivity (Wildman–Crippen MR) is 83.9 cm³/mol. The van der Waals surface area contributed by atoms with Crippen LogP contribution < -0.4 is 5.32 Å². The lowest BCUT2D eigenvalue weighted by molar-refractivity contribution is 0.613. The van der Waals surface area contributed by atoms with Crippen LogP contribution in [0.5, 0.6) is 0 Å². The third-order valence-corrected chi connectivity index (χ3v) is 5.71. The van der Waals surface area contributed by atoms with Crippen LogP contribution in [0.4, 0.5) is 0 Å². The Bertz CT molecular complexity index is 434. The van der Waals surface area contributed by atoms with Crippen LogP contribution in [0.25, 0.3) is 0 Å². The quantitative estimate of drug-likeness (QED) is 0.616. The topological polar surface area (TPSA) is 12.0 Å². The fourth-order valence-corrected chi connectivity index (χ4v) is 4.79. The van der Waals surface area contributed by atoms with Gasteiger partial charge in [0.1, 0.15) is 0 Å². The molecule has 1 N–H and O–H groups in total. The zero-order valence-electron chi connectivity index (χ0n) is 12.0. The predicted octanol–water partition coefficient (Wildman–Crippen LogP) is 4.78. The Morgan fingerprint density at radius 3 is 2.84 bits per heavy atom. The van der Waals surface area contributed by atoms with E-state index in [1.807, 2.05) is 0 Å². The first-order valence-electron chi connectivity index (χ1n) is 7.92. The second-order valence-corrected chi connectivity index (χ2v) is 6.99. The fraction of sp³-hybridized carbons (Fsp3) is 0.647. The van der Waals surface area contributed by atoms with Gasteiger partial charge in [-0.3, -0.25) is 0 Å². The molecule has 0 saturated heterocycles. The number of thiophene rings is 1. The van der Waals surface area contributed by atoms with Crippen molar-refractivity contribution >= 4 is 11.3 Å². The molecule has 2 aliphatic rings. The third-order valence-electron chi connectivity index (χ3n) is 4.41. The molecule has 3 rings (SSSR count). The SMILES string of the molecule is CCNC(C1=CCCC1)c1cc2c(s1)CCCCC2. The highest BCUT2D eigenvalue weighted by Crippen LogP contribution is 2.37. The summed E-state index contributed by atoms with van der Waals surface area (Å²) in [6, 6.07) is 3.02. The van der Waals surface area contributed by atoms with Gasteiger partial charge in [0.05, 0.1) is 6.04 Å². The molecule has 104 valence electrons. The number of likely N-dealkylation sites (N-methyl/N-ethyl adjacent to an activating group) is 1. The molecule has 1 aromatic rings. The lowest BCUT2D eigenvalue weighted by Gasteiger charge is -2.18. The van der Waals surface area contributed by atoms with Crippen molar-refractivity contribution in [2.75, 3.05) is 6.54 Å². The highest BCUT2D eigenvalue weighted by Gasteiger charge is 2.22. The first-order valence-corrected chi connectivity index (χ1v) is 8.74. The van der Waals surface area contributed by atoms with Crippen molar-refractivity contribution in [3.8, 4) is 0 Å². The van der Waals surface area contributed by atoms with Gasteiger partial charge in [0.15, 0.2) is 0 Å². The van der Waals surface area contributed by atoms with Gasteiger partial charge in [0.2, 0.25) is 0 Å². The van der Waals surface area contributed by atoms with E-state index >= 15 is 0 Å². The summed E-state index contributed by atoms with van der Waals surface area (Å²) < 4.78 is 0. The highest BCUT2D eigenvalue weighted by molar-refractivity contribution is 7.12. The van der Waals surface area contributed by atoms with Gasteiger partial charge in [-0.05, 0) is 63.1 Å². The van der Waals surface area contributed by atoms with Crippen molar-refractivity contribution in [1.29, 1.82) is 0 Å². The largest absolute Gasteiger partial charge is 0.306 e. The van der Waals surface area contributed by atoms with Crippen molar-refractivity contribution < 1.29 is 0 Å². The zero-order chi connectivity index (χ0) is 13.1. The maximum Gasteiger partial charge on any atom is 0.0630 e. The number of allylic oxidation sites excluding steroid dienone is 1. The number of nitrogens with one attached hydrogen (secondary N) is 1. The molecule has 2 heteroatoms. The molecule has 19 heavy (non-hydrogen) atoms. The van der Waals surface area contributed by atoms with Gasteiger partial charge in [-0.25, -0.2) is 0 Å². The Balaban J connectivity index is 1.85. The minimum atomic E-state index is 0.504. The molecule has 0 aliphatic heterocycles. The number of rotatable bonds is 4. The molecule has 0 radical (unpaired) electrons. The van der Waals surface area contributed by atoms with Gasteiger partial charge in [-0.1, -0.05) is 25.0 Å². The van der Waals surface area contributed by atoms with Crippen LogP contribution in [-0.4, -0.2) is 6.54 Å². The fourth-order valence-electron chi connectivity index (χ4n) is 3.41. The summed E-state index contributed by atoms with van der Waals surface area (Å²) in [5, 5.41) is 3.71. The van der Waals surface area contributed by atoms with Crippen molar-refractivity contribution in [3.05, 3.63) is 33.0 Å². The molecule has 2 aliphatic carbocycles. The van der Waals surface area contributed by atoms with Crippen LogP contribution in [-0.2, 0) is 12.8 Å². The van der Waals surface area contributed by atoms with Crippen molar-refractivity contribution in [2.45, 2.75) is 64.3 Å². The summed E-state index contributed by atoms with van der Waals surface area (Å²) >= 11 is 2.08. The van der Waals surface area contributed by atoms with E-state index in [1.54, 1.807) is 20.9 Å². The molecule has 1 aromatic heterocycles. The van der Waals surface area contributed by atoms with Gasteiger partial charge in [0.25, 0.3) is 0 Å². The Morgan fingerprint density at radius 2 is 2.05 bits per heavy atom. The van der Waals surface area contributed by atoms with Crippen LogP contribution in [0.2, 0.25) is 0 Å². The van der Waals surface area contributed by atoms with E-state index in [1.165, 1.54) is 51.4 Å². The van der Waals surface area contributed by atoms with Gasteiger partial charge in [-0.15, -0.1) is 11.3 Å². The molecular weight excluding hydrogens is 250 g/mol. The molecule has 0 fully saturated rings. The van der Waals surface area contributed by atoms with Crippen LogP contribution in [0.15, 0.2) is 17.7 Å². The van der Waals surface area contributed by atoms with Crippen LogP contribution >= 0.6 is 11.3 Å². The molecule has 0 aromatic carbocycles. The molecular formula is C17H25NS. The molecule has 0 amide bonds. The average molecular weight is 275 g/mol. The van der Waals surface area contributed by atoms with E-state index in [4.69, 9.17) is 0 Å². The van der Waals surface area contributed by atoms with E-state index in [-0.39, 0.29) is 0 Å². The Morgan fingerprint density at radius 1 is 1.16 bits per heavy atom. The van der Waals surface area contributed by atoms with Crippen molar-refractivity contribution in [2.24, 2.45) is 0 Å². The van der Waals surface area contributed by atoms with Gasteiger partial charge in [-0.2, -0.15) is 0 Å². The Kier molecular flexibility index (Phi) is 4.39. The Labute approximate surface area is 121 Å². The van der Waals surface area contributed by atoms with Crippen LogP contribution in [0.1, 0.15) is 66.8 Å². The maximum atomic E-state index is 3.71. The normalized spacial score (nSPS) is 20.8. The molecule has 0 bridgehead atoms. The van der Waals surface area contributed by atoms with Gasteiger partial charge in [0, 0.05) is 9.75 Å². The second kappa shape index (κ2) is 6.23. The van der Waals surface area contributed by atoms with Crippen molar-refractivity contribution in [3.63, 3.8) is 0 Å². The van der Waals surface area contributed by atoms with E-state index in [9.17, 15) is 0 Å². The smallest absolute Gasteiger partial charge is 0.0630 e. The number of hydrogen-bond donors (Lipinski definition) is 1. The van der Waals surface area contributed by atoms with Gasteiger partial charge < -0.3 is 5.32 Å². The van der Waals surface area contributed by atoms with E-state index in [2.05, 4.69) is 35.7 Å². The summed E-state index contributed by atoms with van der Waals surface area (Å²) in [5.41, 5.74) is 3.29. The van der Waals surface area contributed by atoms with Crippen LogP contribution in [0.3, 0.4) is 0 Å². The molecule has 1 atom stereocenters. The summed E-state index contributed by atoms with van der Waals surface area (Å²) in [6.45, 7) is 3.28. The first-order chi connectivity index (χ1) is 9.38. The van der Waals surface area contributed by atoms with Crippen molar-refractivity contribution in [1.82, 2.24) is 5.32 Å². The van der Waals surface area contributed by atoms with E-state index < -0.39 is 0 Å². The van der Waals surface area contributed by atoms with Crippen LogP contribution in [0, 0.1) is 0 Å². The summed E-state index contributed by atoms with van der Waals surface area (Å²) in [5.74, 6) is 0. The standard InChI is InChI=1S/C17H25NS/c1-2-18-17(13-8-6-7-9-13)16-12-14-10-4-3-5-11-15(14)19-16/h8,12,17-18H,2-7,9-11H2,1H3. The highest BCUT2D eigenvalue weighted by atomic mass is 32.1. The molecule has 1 nitrogen and oxygen atoms in total. The number of hydrogen-bond acceptors (Lipinski definition) is 2. The minimum absolute atomic E-state index is 0.504. The molecule has 1 unspecified atom stereocenters. The van der Waals surface area contributed by atoms with E-state index in [0.717, 1.165) is 6.54 Å². The Hall–Kier alpha value is -0.600. The minimum Gasteiger partial charge on any atom is -0.306 e. The lowest BCUT2D eigenvalue weighted by Crippen LogP contribution is -2.21. The maximum absolute atomic E-state index is 3.71. The second-order valence-electron chi connectivity index (χ2n) is 5.82. The van der Waals surface area contributed by atoms with Gasteiger partial charge >= 0.3 is 0 Å². The van der Waals surface area contributed by atoms with E-state index in [0.29, 0.717) is 6.04 Å². The average Bonchev–Trinajstić information content (AvgIpc) is 3.02. The lowest BCUT2D eigenvalue weighted by atomic mass is 10.0. The first kappa shape index (κ1) is 13.4. The number of aryl methyl sites for hydroxylation is 2. The molecule has 1 heterocycles.